The van der Waals surface area contributed by atoms with Gasteiger partial charge in [-0.25, -0.2) is 9.78 Å². The normalized spacial score (nSPS) is 11.3. The van der Waals surface area contributed by atoms with Crippen LogP contribution in [0.15, 0.2) is 18.2 Å². The number of rotatable bonds is 2. The molecule has 2 rings (SSSR count). The SMILES string of the molecule is CC(C)(C)OC(=O)Nc1ccc2nc(C=O)sc2c1. The molecule has 0 unspecified atom stereocenters. The third-order valence-electron chi connectivity index (χ3n) is 2.15. The first-order valence-corrected chi connectivity index (χ1v) is 6.55. The van der Waals surface area contributed by atoms with E-state index in [2.05, 4.69) is 10.3 Å². The van der Waals surface area contributed by atoms with Crippen molar-refractivity contribution in [3.05, 3.63) is 23.2 Å². The Morgan fingerprint density at radius 3 is 2.79 bits per heavy atom. The summed E-state index contributed by atoms with van der Waals surface area (Å²) in [6, 6.07) is 5.25. The van der Waals surface area contributed by atoms with Gasteiger partial charge in [-0.3, -0.25) is 10.1 Å². The molecule has 2 aromatic rings. The third kappa shape index (κ3) is 3.51. The Hall–Kier alpha value is -1.95. The highest BCUT2D eigenvalue weighted by atomic mass is 32.1. The van der Waals surface area contributed by atoms with Gasteiger partial charge < -0.3 is 4.74 Å². The fraction of sp³-hybridized carbons (Fsp3) is 0.308. The minimum atomic E-state index is -0.538. The quantitative estimate of drug-likeness (QED) is 0.854. The summed E-state index contributed by atoms with van der Waals surface area (Å²) >= 11 is 1.28. The monoisotopic (exact) mass is 278 g/mol. The molecule has 19 heavy (non-hydrogen) atoms. The maximum absolute atomic E-state index is 11.6. The zero-order chi connectivity index (χ0) is 14.0. The van der Waals surface area contributed by atoms with Crippen LogP contribution in [0, 0.1) is 0 Å². The average molecular weight is 278 g/mol. The summed E-state index contributed by atoms with van der Waals surface area (Å²) in [6.45, 7) is 5.40. The number of amides is 1. The van der Waals surface area contributed by atoms with Crippen molar-refractivity contribution in [3.8, 4) is 0 Å². The summed E-state index contributed by atoms with van der Waals surface area (Å²) < 4.78 is 6.00. The molecule has 1 N–H and O–H groups in total. The maximum atomic E-state index is 11.6. The van der Waals surface area contributed by atoms with Gasteiger partial charge >= 0.3 is 6.09 Å². The van der Waals surface area contributed by atoms with Crippen LogP contribution in [0.1, 0.15) is 30.6 Å². The van der Waals surface area contributed by atoms with E-state index in [4.69, 9.17) is 4.74 Å². The number of carbonyl (C=O) groups is 2. The van der Waals surface area contributed by atoms with Gasteiger partial charge in [0.2, 0.25) is 0 Å². The van der Waals surface area contributed by atoms with Gasteiger partial charge in [0, 0.05) is 5.69 Å². The molecule has 0 fully saturated rings. The summed E-state index contributed by atoms with van der Waals surface area (Å²) in [5, 5.41) is 3.07. The van der Waals surface area contributed by atoms with E-state index < -0.39 is 11.7 Å². The molecule has 0 saturated carbocycles. The Bertz CT molecular complexity index is 628. The predicted octanol–water partition coefficient (Wildman–Crippen LogP) is 3.46. The van der Waals surface area contributed by atoms with Crippen molar-refractivity contribution >= 4 is 39.6 Å². The molecule has 5 nitrogen and oxygen atoms in total. The van der Waals surface area contributed by atoms with Gasteiger partial charge in [-0.15, -0.1) is 11.3 Å². The van der Waals surface area contributed by atoms with Crippen LogP contribution in [0.25, 0.3) is 10.2 Å². The molecule has 0 bridgehead atoms. The summed E-state index contributed by atoms with van der Waals surface area (Å²) in [6.07, 6.45) is 0.206. The molecule has 6 heteroatoms. The van der Waals surface area contributed by atoms with E-state index in [1.807, 2.05) is 0 Å². The Kier molecular flexibility index (Phi) is 3.53. The van der Waals surface area contributed by atoms with E-state index in [-0.39, 0.29) is 0 Å². The molecular formula is C13H14N2O3S. The van der Waals surface area contributed by atoms with Gasteiger partial charge in [0.05, 0.1) is 10.2 Å². The minimum absolute atomic E-state index is 0.421. The molecule has 0 aliphatic carbocycles. The van der Waals surface area contributed by atoms with Crippen LogP contribution >= 0.6 is 11.3 Å². The number of fused-ring (bicyclic) bond motifs is 1. The first-order valence-electron chi connectivity index (χ1n) is 5.73. The molecular weight excluding hydrogens is 264 g/mol. The first-order chi connectivity index (χ1) is 8.87. The smallest absolute Gasteiger partial charge is 0.412 e. The van der Waals surface area contributed by atoms with Gasteiger partial charge in [0.1, 0.15) is 5.60 Å². The second kappa shape index (κ2) is 4.97. The number of anilines is 1. The standard InChI is InChI=1S/C13H14N2O3S/c1-13(2,3)18-12(17)14-8-4-5-9-10(6-8)19-11(7-16)15-9/h4-7H,1-3H3,(H,14,17). The van der Waals surface area contributed by atoms with Crippen molar-refractivity contribution in [2.24, 2.45) is 0 Å². The van der Waals surface area contributed by atoms with Crippen molar-refractivity contribution in [2.45, 2.75) is 26.4 Å². The number of hydrogen-bond acceptors (Lipinski definition) is 5. The first kappa shape index (κ1) is 13.5. The highest BCUT2D eigenvalue weighted by Gasteiger charge is 2.16. The molecule has 1 amide bonds. The fourth-order valence-corrected chi connectivity index (χ4v) is 2.31. The van der Waals surface area contributed by atoms with Gasteiger partial charge in [-0.2, -0.15) is 0 Å². The Morgan fingerprint density at radius 2 is 2.16 bits per heavy atom. The number of ether oxygens (including phenoxy) is 1. The van der Waals surface area contributed by atoms with Gasteiger partial charge in [-0.1, -0.05) is 0 Å². The molecule has 0 spiro atoms. The molecule has 0 saturated heterocycles. The largest absolute Gasteiger partial charge is 0.444 e. The molecule has 0 atom stereocenters. The molecule has 100 valence electrons. The van der Waals surface area contributed by atoms with E-state index >= 15 is 0 Å². The molecule has 0 radical (unpaired) electrons. The number of thiazole rings is 1. The van der Waals surface area contributed by atoms with Gasteiger partial charge in [-0.05, 0) is 39.0 Å². The lowest BCUT2D eigenvalue weighted by Gasteiger charge is -2.19. The molecule has 1 heterocycles. The van der Waals surface area contributed by atoms with Crippen LogP contribution in [0.5, 0.6) is 0 Å². The number of aromatic nitrogens is 1. The van der Waals surface area contributed by atoms with Crippen LogP contribution in [-0.4, -0.2) is 23.0 Å². The van der Waals surface area contributed by atoms with E-state index in [1.54, 1.807) is 39.0 Å². The Morgan fingerprint density at radius 1 is 1.42 bits per heavy atom. The molecule has 1 aromatic carbocycles. The van der Waals surface area contributed by atoms with E-state index in [1.165, 1.54) is 11.3 Å². The third-order valence-corrected chi connectivity index (χ3v) is 3.09. The number of aldehydes is 1. The van der Waals surface area contributed by atoms with Crippen molar-refractivity contribution in [1.29, 1.82) is 0 Å². The molecule has 0 aliphatic heterocycles. The summed E-state index contributed by atoms with van der Waals surface area (Å²) in [5.74, 6) is 0. The number of benzene rings is 1. The molecule has 1 aromatic heterocycles. The summed E-state index contributed by atoms with van der Waals surface area (Å²) in [7, 11) is 0. The number of hydrogen-bond donors (Lipinski definition) is 1. The van der Waals surface area contributed by atoms with Crippen LogP contribution in [0.2, 0.25) is 0 Å². The van der Waals surface area contributed by atoms with Crippen molar-refractivity contribution < 1.29 is 14.3 Å². The zero-order valence-electron chi connectivity index (χ0n) is 10.9. The summed E-state index contributed by atoms with van der Waals surface area (Å²) in [5.41, 5.74) is 0.813. The van der Waals surface area contributed by atoms with E-state index in [9.17, 15) is 9.59 Å². The van der Waals surface area contributed by atoms with Crippen molar-refractivity contribution in [1.82, 2.24) is 4.98 Å². The lowest BCUT2D eigenvalue weighted by Crippen LogP contribution is -2.27. The highest BCUT2D eigenvalue weighted by molar-refractivity contribution is 7.20. The topological polar surface area (TPSA) is 68.3 Å². The second-order valence-electron chi connectivity index (χ2n) is 4.98. The van der Waals surface area contributed by atoms with Crippen LogP contribution < -0.4 is 5.32 Å². The Balaban J connectivity index is 2.17. The number of nitrogens with zero attached hydrogens (tertiary/aromatic N) is 1. The van der Waals surface area contributed by atoms with Gasteiger partial charge in [0.25, 0.3) is 0 Å². The number of carbonyl (C=O) groups excluding carboxylic acids is 2. The van der Waals surface area contributed by atoms with Crippen LogP contribution in [0.4, 0.5) is 10.5 Å². The zero-order valence-corrected chi connectivity index (χ0v) is 11.7. The second-order valence-corrected chi connectivity index (χ2v) is 6.04. The highest BCUT2D eigenvalue weighted by Crippen LogP contribution is 2.24. The maximum Gasteiger partial charge on any atom is 0.412 e. The predicted molar refractivity (Wildman–Crippen MR) is 74.9 cm³/mol. The average Bonchev–Trinajstić information content (AvgIpc) is 2.68. The summed E-state index contributed by atoms with van der Waals surface area (Å²) in [4.78, 5) is 26.4. The van der Waals surface area contributed by atoms with Crippen molar-refractivity contribution in [2.75, 3.05) is 5.32 Å². The van der Waals surface area contributed by atoms with Crippen LogP contribution in [-0.2, 0) is 4.74 Å². The van der Waals surface area contributed by atoms with E-state index in [0.29, 0.717) is 17.0 Å². The number of nitrogens with one attached hydrogen (secondary N) is 1. The van der Waals surface area contributed by atoms with Crippen molar-refractivity contribution in [3.63, 3.8) is 0 Å². The minimum Gasteiger partial charge on any atom is -0.444 e. The fourth-order valence-electron chi connectivity index (χ4n) is 1.49. The van der Waals surface area contributed by atoms with Gasteiger partial charge in [0.15, 0.2) is 11.3 Å². The van der Waals surface area contributed by atoms with E-state index in [0.717, 1.165) is 10.2 Å². The lowest BCUT2D eigenvalue weighted by atomic mass is 10.2. The Labute approximate surface area is 114 Å². The van der Waals surface area contributed by atoms with Crippen LogP contribution in [0.3, 0.4) is 0 Å². The lowest BCUT2D eigenvalue weighted by molar-refractivity contribution is 0.0636. The molecule has 0 aliphatic rings.